The molecule has 0 atom stereocenters. The van der Waals surface area contributed by atoms with Gasteiger partial charge in [-0.1, -0.05) is 0 Å². The van der Waals surface area contributed by atoms with Gasteiger partial charge in [-0.2, -0.15) is 0 Å². The zero-order valence-corrected chi connectivity index (χ0v) is 15.3. The summed E-state index contributed by atoms with van der Waals surface area (Å²) in [6.07, 6.45) is 2.08. The van der Waals surface area contributed by atoms with E-state index in [-0.39, 0.29) is 18.1 Å². The van der Waals surface area contributed by atoms with Crippen LogP contribution in [0.1, 0.15) is 37.2 Å². The number of aromatic hydroxyl groups is 1. The van der Waals surface area contributed by atoms with E-state index in [2.05, 4.69) is 10.2 Å². The molecule has 1 fully saturated rings. The summed E-state index contributed by atoms with van der Waals surface area (Å²) < 4.78 is 11.1. The lowest BCUT2D eigenvalue weighted by Gasteiger charge is -2.35. The van der Waals surface area contributed by atoms with Crippen LogP contribution in [-0.2, 0) is 14.9 Å². The number of amides is 1. The van der Waals surface area contributed by atoms with Crippen molar-refractivity contribution >= 4 is 5.91 Å². The molecule has 0 saturated carbocycles. The van der Waals surface area contributed by atoms with Crippen LogP contribution < -0.4 is 10.7 Å². The lowest BCUT2D eigenvalue weighted by molar-refractivity contribution is -0.123. The Kier molecular flexibility index (Phi) is 6.61. The van der Waals surface area contributed by atoms with Gasteiger partial charge >= 0.3 is 0 Å². The first-order chi connectivity index (χ1) is 11.8. The minimum atomic E-state index is -0.709. The number of nitrogens with one attached hydrogen (secondary N) is 1. The third-order valence-electron chi connectivity index (χ3n) is 4.58. The molecule has 140 valence electrons. The average Bonchev–Trinajstić information content (AvgIpc) is 2.55. The third-order valence-corrected chi connectivity index (χ3v) is 4.58. The molecule has 0 bridgehead atoms. The van der Waals surface area contributed by atoms with Crippen molar-refractivity contribution in [2.24, 2.45) is 0 Å². The molecule has 0 aromatic carbocycles. The van der Waals surface area contributed by atoms with Crippen molar-refractivity contribution in [3.63, 3.8) is 0 Å². The number of hydrogen-bond donors (Lipinski definition) is 2. The van der Waals surface area contributed by atoms with Crippen LogP contribution in [0.15, 0.2) is 15.3 Å². The quantitative estimate of drug-likeness (QED) is 0.716. The maximum absolute atomic E-state index is 12.4. The highest BCUT2D eigenvalue weighted by molar-refractivity contribution is 5.77. The van der Waals surface area contributed by atoms with Gasteiger partial charge in [-0.3, -0.25) is 9.59 Å². The summed E-state index contributed by atoms with van der Waals surface area (Å²) in [6, 6.07) is 1.26. The number of rotatable bonds is 7. The number of hydrogen-bond acceptors (Lipinski definition) is 6. The molecular weight excluding hydrogens is 324 g/mol. The normalized spacial score (nSPS) is 16.8. The Morgan fingerprint density at radius 3 is 2.68 bits per heavy atom. The molecule has 7 nitrogen and oxygen atoms in total. The fourth-order valence-electron chi connectivity index (χ4n) is 3.20. The molecule has 0 aliphatic carbocycles. The lowest BCUT2D eigenvalue weighted by atomic mass is 9.74. The van der Waals surface area contributed by atoms with E-state index in [0.29, 0.717) is 38.4 Å². The Bertz CT molecular complexity index is 647. The van der Waals surface area contributed by atoms with Crippen molar-refractivity contribution in [1.82, 2.24) is 10.2 Å². The van der Waals surface area contributed by atoms with Crippen molar-refractivity contribution in [3.05, 3.63) is 27.8 Å². The maximum Gasteiger partial charge on any atom is 0.227 e. The first-order valence-electron chi connectivity index (χ1n) is 8.67. The van der Waals surface area contributed by atoms with Gasteiger partial charge in [-0.05, 0) is 46.8 Å². The molecule has 7 heteroatoms. The molecule has 1 aliphatic heterocycles. The van der Waals surface area contributed by atoms with Gasteiger partial charge in [-0.15, -0.1) is 0 Å². The van der Waals surface area contributed by atoms with E-state index in [9.17, 15) is 14.7 Å². The summed E-state index contributed by atoms with van der Waals surface area (Å²) in [5.41, 5.74) is -1.19. The Hall–Kier alpha value is -1.86. The van der Waals surface area contributed by atoms with E-state index >= 15 is 0 Å². The zero-order chi connectivity index (χ0) is 18.4. The third kappa shape index (κ3) is 5.06. The summed E-state index contributed by atoms with van der Waals surface area (Å²) >= 11 is 0. The Morgan fingerprint density at radius 2 is 2.04 bits per heavy atom. The van der Waals surface area contributed by atoms with Crippen molar-refractivity contribution in [2.75, 3.05) is 40.4 Å². The van der Waals surface area contributed by atoms with Crippen LogP contribution in [0.4, 0.5) is 0 Å². The van der Waals surface area contributed by atoms with Crippen molar-refractivity contribution in [2.45, 2.75) is 38.0 Å². The zero-order valence-electron chi connectivity index (χ0n) is 15.3. The number of nitrogens with zero attached hydrogens (tertiary/aromatic N) is 1. The van der Waals surface area contributed by atoms with Gasteiger partial charge in [0.25, 0.3) is 0 Å². The predicted octanol–water partition coefficient (Wildman–Crippen LogP) is 1.16. The van der Waals surface area contributed by atoms with Crippen LogP contribution in [0.5, 0.6) is 5.75 Å². The van der Waals surface area contributed by atoms with Crippen LogP contribution in [0.3, 0.4) is 0 Å². The molecule has 1 saturated heterocycles. The molecule has 1 aromatic heterocycles. The highest BCUT2D eigenvalue weighted by Crippen LogP contribution is 2.41. The van der Waals surface area contributed by atoms with Crippen molar-refractivity contribution < 1.29 is 19.1 Å². The molecule has 25 heavy (non-hydrogen) atoms. The second-order valence-corrected chi connectivity index (χ2v) is 6.98. The minimum Gasteiger partial charge on any atom is -0.502 e. The number of carbonyl (C=O) groups is 1. The van der Waals surface area contributed by atoms with Crippen LogP contribution in [0.25, 0.3) is 0 Å². The average molecular weight is 352 g/mol. The second-order valence-electron chi connectivity index (χ2n) is 6.98. The molecule has 0 radical (unpaired) electrons. The van der Waals surface area contributed by atoms with E-state index in [1.165, 1.54) is 6.07 Å². The van der Waals surface area contributed by atoms with Crippen LogP contribution in [0.2, 0.25) is 0 Å². The van der Waals surface area contributed by atoms with E-state index in [1.807, 2.05) is 14.1 Å². The topological polar surface area (TPSA) is 92.0 Å². The van der Waals surface area contributed by atoms with Crippen LogP contribution in [-0.4, -0.2) is 56.3 Å². The van der Waals surface area contributed by atoms with E-state index in [1.54, 1.807) is 6.92 Å². The molecule has 0 spiro atoms. The van der Waals surface area contributed by atoms with Crippen LogP contribution in [0, 0.1) is 6.92 Å². The fourth-order valence-corrected chi connectivity index (χ4v) is 3.20. The highest BCUT2D eigenvalue weighted by Gasteiger charge is 2.41. The molecule has 2 N–H and O–H groups in total. The van der Waals surface area contributed by atoms with Crippen LogP contribution >= 0.6 is 0 Å². The van der Waals surface area contributed by atoms with Crippen molar-refractivity contribution in [3.8, 4) is 5.75 Å². The molecule has 1 aliphatic rings. The predicted molar refractivity (Wildman–Crippen MR) is 93.9 cm³/mol. The molecule has 2 rings (SSSR count). The summed E-state index contributed by atoms with van der Waals surface area (Å²) in [7, 11) is 3.97. The standard InChI is InChI=1S/C18H28N2O5/c1-13-11-14(21)16(23)17(25-13)18(5-9-24-10-6-18)12-15(22)19-7-4-8-20(2)3/h11,23H,4-10,12H2,1-3H3,(H,19,22). The molecule has 0 unspecified atom stereocenters. The second kappa shape index (κ2) is 8.49. The van der Waals surface area contributed by atoms with E-state index < -0.39 is 16.6 Å². The Labute approximate surface area is 148 Å². The number of carbonyl (C=O) groups excluding carboxylic acids is 1. The first kappa shape index (κ1) is 19.5. The smallest absolute Gasteiger partial charge is 0.227 e. The molecular formula is C18H28N2O5. The summed E-state index contributed by atoms with van der Waals surface area (Å²) in [4.78, 5) is 26.5. The van der Waals surface area contributed by atoms with E-state index in [4.69, 9.17) is 9.15 Å². The lowest BCUT2D eigenvalue weighted by Crippen LogP contribution is -2.40. The number of aryl methyl sites for hydroxylation is 1. The molecule has 1 aromatic rings. The first-order valence-corrected chi connectivity index (χ1v) is 8.67. The minimum absolute atomic E-state index is 0.107. The fraction of sp³-hybridized carbons (Fsp3) is 0.667. The van der Waals surface area contributed by atoms with Crippen molar-refractivity contribution in [1.29, 1.82) is 0 Å². The Balaban J connectivity index is 2.16. The van der Waals surface area contributed by atoms with Gasteiger partial charge in [0, 0.05) is 37.7 Å². The SMILES string of the molecule is Cc1cc(=O)c(O)c(C2(CC(=O)NCCCN(C)C)CCOCC2)o1. The van der Waals surface area contributed by atoms with Gasteiger partial charge in [0.2, 0.25) is 17.1 Å². The summed E-state index contributed by atoms with van der Waals surface area (Å²) in [5, 5.41) is 13.2. The summed E-state index contributed by atoms with van der Waals surface area (Å²) in [5.74, 6) is 0.136. The van der Waals surface area contributed by atoms with Gasteiger partial charge in [0.05, 0.1) is 0 Å². The Morgan fingerprint density at radius 1 is 1.36 bits per heavy atom. The largest absolute Gasteiger partial charge is 0.502 e. The van der Waals surface area contributed by atoms with Gasteiger partial charge in [0.15, 0.2) is 5.76 Å². The van der Waals surface area contributed by atoms with Gasteiger partial charge in [-0.25, -0.2) is 0 Å². The van der Waals surface area contributed by atoms with E-state index in [0.717, 1.165) is 13.0 Å². The summed E-state index contributed by atoms with van der Waals surface area (Å²) in [6.45, 7) is 4.08. The van der Waals surface area contributed by atoms with Gasteiger partial charge < -0.3 is 24.5 Å². The number of ether oxygens (including phenoxy) is 1. The molecule has 1 amide bonds. The van der Waals surface area contributed by atoms with Gasteiger partial charge in [0.1, 0.15) is 5.76 Å². The maximum atomic E-state index is 12.4. The monoisotopic (exact) mass is 352 g/mol. The molecule has 2 heterocycles. The highest BCUT2D eigenvalue weighted by atomic mass is 16.5.